The third-order valence-electron chi connectivity index (χ3n) is 6.51. The minimum absolute atomic E-state index is 0.121. The van der Waals surface area contributed by atoms with Crippen LogP contribution >= 0.6 is 0 Å². The van der Waals surface area contributed by atoms with Crippen molar-refractivity contribution in [2.75, 3.05) is 44.2 Å². The maximum absolute atomic E-state index is 13.2. The molecule has 1 N–H and O–H groups in total. The number of anilines is 1. The number of ether oxygens (including phenoxy) is 1. The maximum atomic E-state index is 13.2. The smallest absolute Gasteiger partial charge is 0.245 e. The summed E-state index contributed by atoms with van der Waals surface area (Å²) in [6.45, 7) is 3.57. The molecule has 184 valence electrons. The number of nitrogens with one attached hydrogen (secondary N) is 1. The standard InChI is InChI=1S/C24H27N5O5S/c1-2-34-20-8-4-3-7-19(20)29-16-17(14-22(29)30)24(31)27-10-12-28(13-11-27)35(32,33)21-15-26-23-18(21)6-5-9-25-23/h3-9,15,17H,2,10-14,16H2,1H3,(H,25,26). The van der Waals surface area contributed by atoms with Crippen molar-refractivity contribution < 1.29 is 22.7 Å². The SMILES string of the molecule is CCOc1ccccc1N1CC(C(=O)N2CCN(S(=O)(=O)c3c[nH]c4ncccc34)CC2)CC1=O. The van der Waals surface area contributed by atoms with Gasteiger partial charge in [-0.1, -0.05) is 12.1 Å². The topological polar surface area (TPSA) is 116 Å². The highest BCUT2D eigenvalue weighted by Gasteiger charge is 2.40. The molecule has 2 aromatic heterocycles. The average molecular weight is 498 g/mol. The first-order chi connectivity index (χ1) is 16.9. The summed E-state index contributed by atoms with van der Waals surface area (Å²) in [5.41, 5.74) is 1.18. The van der Waals surface area contributed by atoms with E-state index in [1.807, 2.05) is 31.2 Å². The van der Waals surface area contributed by atoms with Gasteiger partial charge in [0.2, 0.25) is 21.8 Å². The lowest BCUT2D eigenvalue weighted by atomic mass is 10.1. The van der Waals surface area contributed by atoms with Gasteiger partial charge in [0.05, 0.1) is 18.2 Å². The lowest BCUT2D eigenvalue weighted by Crippen LogP contribution is -2.52. The molecule has 10 nitrogen and oxygen atoms in total. The van der Waals surface area contributed by atoms with Crippen molar-refractivity contribution in [1.29, 1.82) is 0 Å². The molecule has 0 radical (unpaired) electrons. The minimum atomic E-state index is -3.73. The number of fused-ring (bicyclic) bond motifs is 1. The van der Waals surface area contributed by atoms with Gasteiger partial charge in [-0.15, -0.1) is 0 Å². The third kappa shape index (κ3) is 4.25. The van der Waals surface area contributed by atoms with Gasteiger partial charge in [-0.3, -0.25) is 9.59 Å². The van der Waals surface area contributed by atoms with Gasteiger partial charge < -0.3 is 19.5 Å². The van der Waals surface area contributed by atoms with Crippen LogP contribution in [0.5, 0.6) is 5.75 Å². The molecule has 2 aliphatic heterocycles. The molecule has 2 saturated heterocycles. The van der Waals surface area contributed by atoms with E-state index in [0.717, 1.165) is 0 Å². The van der Waals surface area contributed by atoms with Crippen molar-refractivity contribution in [2.45, 2.75) is 18.2 Å². The van der Waals surface area contributed by atoms with Crippen LogP contribution in [0.3, 0.4) is 0 Å². The van der Waals surface area contributed by atoms with Crippen molar-refractivity contribution in [2.24, 2.45) is 5.92 Å². The fourth-order valence-electron chi connectivity index (χ4n) is 4.75. The van der Waals surface area contributed by atoms with Crippen LogP contribution in [0, 0.1) is 5.92 Å². The van der Waals surface area contributed by atoms with Crippen LogP contribution in [-0.2, 0) is 19.6 Å². The predicted octanol–water partition coefficient (Wildman–Crippen LogP) is 1.85. The van der Waals surface area contributed by atoms with Crippen molar-refractivity contribution in [3.8, 4) is 5.75 Å². The second kappa shape index (κ2) is 9.31. The highest BCUT2D eigenvalue weighted by Crippen LogP contribution is 2.34. The van der Waals surface area contributed by atoms with Gasteiger partial charge in [0, 0.05) is 56.9 Å². The van der Waals surface area contributed by atoms with Crippen LogP contribution in [0.4, 0.5) is 5.69 Å². The fraction of sp³-hybridized carbons (Fsp3) is 0.375. The molecule has 4 heterocycles. The molecule has 3 aromatic rings. The summed E-state index contributed by atoms with van der Waals surface area (Å²) < 4.78 is 33.5. The molecule has 1 atom stereocenters. The summed E-state index contributed by atoms with van der Waals surface area (Å²) >= 11 is 0. The number of carbonyl (C=O) groups excluding carboxylic acids is 2. The summed E-state index contributed by atoms with van der Waals surface area (Å²) in [6, 6.07) is 10.7. The summed E-state index contributed by atoms with van der Waals surface area (Å²) in [4.78, 5) is 36.5. The number of hydrogen-bond donors (Lipinski definition) is 1. The van der Waals surface area contributed by atoms with Crippen molar-refractivity contribution in [1.82, 2.24) is 19.2 Å². The minimum Gasteiger partial charge on any atom is -0.492 e. The van der Waals surface area contributed by atoms with Crippen LogP contribution in [0.2, 0.25) is 0 Å². The number of nitrogens with zero attached hydrogens (tertiary/aromatic N) is 4. The van der Waals surface area contributed by atoms with Crippen LogP contribution in [0.15, 0.2) is 53.7 Å². The normalized spacial score (nSPS) is 19.5. The zero-order chi connectivity index (χ0) is 24.6. The molecular weight excluding hydrogens is 470 g/mol. The molecule has 0 saturated carbocycles. The van der Waals surface area contributed by atoms with Crippen LogP contribution in [0.25, 0.3) is 11.0 Å². The first-order valence-electron chi connectivity index (χ1n) is 11.6. The third-order valence-corrected chi connectivity index (χ3v) is 8.45. The van der Waals surface area contributed by atoms with E-state index < -0.39 is 15.9 Å². The van der Waals surface area contributed by atoms with Gasteiger partial charge in [0.1, 0.15) is 16.3 Å². The fourth-order valence-corrected chi connectivity index (χ4v) is 6.33. The summed E-state index contributed by atoms with van der Waals surface area (Å²) in [5, 5.41) is 0.544. The first-order valence-corrected chi connectivity index (χ1v) is 13.1. The number of hydrogen-bond acceptors (Lipinski definition) is 6. The Hall–Kier alpha value is -3.44. The lowest BCUT2D eigenvalue weighted by Gasteiger charge is -2.35. The van der Waals surface area contributed by atoms with Crippen molar-refractivity contribution in [3.63, 3.8) is 0 Å². The van der Waals surface area contributed by atoms with Crippen LogP contribution in [-0.4, -0.2) is 78.7 Å². The molecule has 0 spiro atoms. The molecule has 2 aliphatic rings. The monoisotopic (exact) mass is 497 g/mol. The Labute approximate surface area is 203 Å². The summed E-state index contributed by atoms with van der Waals surface area (Å²) in [5.74, 6) is -0.101. The van der Waals surface area contributed by atoms with Crippen LogP contribution < -0.4 is 9.64 Å². The second-order valence-corrected chi connectivity index (χ2v) is 10.5. The number of carbonyl (C=O) groups is 2. The van der Waals surface area contributed by atoms with Gasteiger partial charge in [0.15, 0.2) is 0 Å². The summed E-state index contributed by atoms with van der Waals surface area (Å²) in [7, 11) is -3.73. The molecule has 1 aromatic carbocycles. The number of benzene rings is 1. The molecule has 11 heteroatoms. The van der Waals surface area contributed by atoms with Gasteiger partial charge >= 0.3 is 0 Å². The maximum Gasteiger partial charge on any atom is 0.245 e. The number of piperazine rings is 1. The van der Waals surface area contributed by atoms with E-state index in [9.17, 15) is 18.0 Å². The number of sulfonamides is 1. The Balaban J connectivity index is 1.25. The van der Waals surface area contributed by atoms with E-state index >= 15 is 0 Å². The molecule has 0 aliphatic carbocycles. The number of amides is 2. The van der Waals surface area contributed by atoms with E-state index in [2.05, 4.69) is 9.97 Å². The van der Waals surface area contributed by atoms with Gasteiger partial charge in [-0.25, -0.2) is 13.4 Å². The van der Waals surface area contributed by atoms with E-state index in [1.54, 1.807) is 28.1 Å². The van der Waals surface area contributed by atoms with Gasteiger partial charge in [-0.2, -0.15) is 4.31 Å². The Morgan fingerprint density at radius 1 is 1.14 bits per heavy atom. The summed E-state index contributed by atoms with van der Waals surface area (Å²) in [6.07, 6.45) is 3.19. The molecular formula is C24H27N5O5S. The van der Waals surface area contributed by atoms with E-state index in [-0.39, 0.29) is 55.9 Å². The molecule has 2 amide bonds. The number of rotatable bonds is 6. The molecule has 5 rings (SSSR count). The molecule has 1 unspecified atom stereocenters. The quantitative estimate of drug-likeness (QED) is 0.556. The zero-order valence-corrected chi connectivity index (χ0v) is 20.2. The van der Waals surface area contributed by atoms with Crippen molar-refractivity contribution >= 4 is 38.6 Å². The predicted molar refractivity (Wildman–Crippen MR) is 130 cm³/mol. The lowest BCUT2D eigenvalue weighted by molar-refractivity contribution is -0.136. The zero-order valence-electron chi connectivity index (χ0n) is 19.4. The number of H-pyrrole nitrogens is 1. The Morgan fingerprint density at radius 2 is 1.91 bits per heavy atom. The molecule has 2 fully saturated rings. The largest absolute Gasteiger partial charge is 0.492 e. The number of para-hydroxylation sites is 2. The van der Waals surface area contributed by atoms with E-state index in [1.165, 1.54) is 10.5 Å². The van der Waals surface area contributed by atoms with Crippen LogP contribution in [0.1, 0.15) is 13.3 Å². The number of aromatic amines is 1. The molecule has 35 heavy (non-hydrogen) atoms. The first kappa shape index (κ1) is 23.3. The Kier molecular flexibility index (Phi) is 6.20. The highest BCUT2D eigenvalue weighted by atomic mass is 32.2. The van der Waals surface area contributed by atoms with Gasteiger partial charge in [0.25, 0.3) is 0 Å². The van der Waals surface area contributed by atoms with E-state index in [4.69, 9.17) is 4.74 Å². The Morgan fingerprint density at radius 3 is 2.69 bits per heavy atom. The van der Waals surface area contributed by atoms with E-state index in [0.29, 0.717) is 29.1 Å². The Bertz CT molecular complexity index is 1360. The van der Waals surface area contributed by atoms with Gasteiger partial charge in [-0.05, 0) is 31.2 Å². The molecule has 0 bridgehead atoms. The van der Waals surface area contributed by atoms with Crippen molar-refractivity contribution in [3.05, 3.63) is 48.8 Å². The second-order valence-electron chi connectivity index (χ2n) is 8.59. The number of aromatic nitrogens is 2. The highest BCUT2D eigenvalue weighted by molar-refractivity contribution is 7.89. The number of pyridine rings is 1. The average Bonchev–Trinajstić information content (AvgIpc) is 3.48.